The van der Waals surface area contributed by atoms with Gasteiger partial charge in [-0.3, -0.25) is 0 Å². The van der Waals surface area contributed by atoms with Crippen molar-refractivity contribution < 1.29 is 8.42 Å². The third kappa shape index (κ3) is 2.27. The third-order valence-electron chi connectivity index (χ3n) is 3.84. The Kier molecular flexibility index (Phi) is 3.40. The van der Waals surface area contributed by atoms with Gasteiger partial charge in [-0.05, 0) is 36.4 Å². The standard InChI is InChI=1S/C15H18N2O2S/c16-15-6-4-5-12-7-8-13(11-14(12)15)20(18,19)17-9-2-1-3-10-17/h4-8,11H,1-3,9-10,16H2. The first-order chi connectivity index (χ1) is 9.59. The van der Waals surface area contributed by atoms with Gasteiger partial charge in [-0.25, -0.2) is 8.42 Å². The molecule has 20 heavy (non-hydrogen) atoms. The molecule has 1 aliphatic heterocycles. The summed E-state index contributed by atoms with van der Waals surface area (Å²) in [5.41, 5.74) is 6.55. The molecule has 2 aromatic carbocycles. The largest absolute Gasteiger partial charge is 0.398 e. The van der Waals surface area contributed by atoms with E-state index in [2.05, 4.69) is 0 Å². The van der Waals surface area contributed by atoms with Crippen molar-refractivity contribution in [1.29, 1.82) is 0 Å². The van der Waals surface area contributed by atoms with E-state index in [1.165, 1.54) is 0 Å². The van der Waals surface area contributed by atoms with E-state index >= 15 is 0 Å². The van der Waals surface area contributed by atoms with Crippen molar-refractivity contribution in [2.24, 2.45) is 0 Å². The van der Waals surface area contributed by atoms with E-state index < -0.39 is 10.0 Å². The molecule has 106 valence electrons. The van der Waals surface area contributed by atoms with E-state index in [1.54, 1.807) is 22.5 Å². The van der Waals surface area contributed by atoms with Crippen LogP contribution in [0.1, 0.15) is 19.3 Å². The molecule has 0 atom stereocenters. The van der Waals surface area contributed by atoms with Crippen LogP contribution < -0.4 is 5.73 Å². The van der Waals surface area contributed by atoms with E-state index in [1.807, 2.05) is 18.2 Å². The molecule has 5 heteroatoms. The Bertz CT molecular complexity index is 735. The maximum atomic E-state index is 12.6. The van der Waals surface area contributed by atoms with Crippen LogP contribution in [0.4, 0.5) is 5.69 Å². The van der Waals surface area contributed by atoms with Gasteiger partial charge in [-0.2, -0.15) is 4.31 Å². The molecule has 0 bridgehead atoms. The Balaban J connectivity index is 2.07. The first kappa shape index (κ1) is 13.4. The minimum absolute atomic E-state index is 0.338. The van der Waals surface area contributed by atoms with Crippen LogP contribution in [-0.2, 0) is 10.0 Å². The fraction of sp³-hybridized carbons (Fsp3) is 0.333. The number of nitrogens with zero attached hydrogens (tertiary/aromatic N) is 1. The first-order valence-corrected chi connectivity index (χ1v) is 8.31. The van der Waals surface area contributed by atoms with Crippen LogP contribution in [0.25, 0.3) is 10.8 Å². The number of nitrogens with two attached hydrogens (primary N) is 1. The number of piperidine rings is 1. The van der Waals surface area contributed by atoms with Gasteiger partial charge in [0.15, 0.2) is 0 Å². The molecule has 0 spiro atoms. The van der Waals surface area contributed by atoms with Gasteiger partial charge in [0.25, 0.3) is 0 Å². The highest BCUT2D eigenvalue weighted by atomic mass is 32.2. The molecule has 2 N–H and O–H groups in total. The summed E-state index contributed by atoms with van der Waals surface area (Å²) in [6, 6.07) is 10.8. The van der Waals surface area contributed by atoms with Gasteiger partial charge in [0.2, 0.25) is 10.0 Å². The zero-order valence-corrected chi connectivity index (χ0v) is 12.1. The number of anilines is 1. The van der Waals surface area contributed by atoms with E-state index in [9.17, 15) is 8.42 Å². The molecular weight excluding hydrogens is 272 g/mol. The Morgan fingerprint density at radius 3 is 2.50 bits per heavy atom. The van der Waals surface area contributed by atoms with E-state index in [4.69, 9.17) is 5.73 Å². The maximum Gasteiger partial charge on any atom is 0.243 e. The van der Waals surface area contributed by atoms with Crippen molar-refractivity contribution in [3.8, 4) is 0 Å². The molecule has 0 aliphatic carbocycles. The maximum absolute atomic E-state index is 12.6. The smallest absolute Gasteiger partial charge is 0.243 e. The second-order valence-corrected chi connectivity index (χ2v) is 7.13. The molecule has 1 heterocycles. The lowest BCUT2D eigenvalue weighted by Gasteiger charge is -2.26. The van der Waals surface area contributed by atoms with Crippen molar-refractivity contribution in [3.05, 3.63) is 36.4 Å². The Morgan fingerprint density at radius 2 is 1.75 bits per heavy atom. The number of hydrogen-bond donors (Lipinski definition) is 1. The van der Waals surface area contributed by atoms with Crippen molar-refractivity contribution >= 4 is 26.5 Å². The van der Waals surface area contributed by atoms with Gasteiger partial charge in [-0.15, -0.1) is 0 Å². The highest BCUT2D eigenvalue weighted by molar-refractivity contribution is 7.89. The normalized spacial score (nSPS) is 17.4. The second kappa shape index (κ2) is 5.07. The van der Waals surface area contributed by atoms with E-state index in [-0.39, 0.29) is 0 Å². The average molecular weight is 290 g/mol. The number of nitrogen functional groups attached to an aromatic ring is 1. The second-order valence-electron chi connectivity index (χ2n) is 5.19. The molecule has 2 aromatic rings. The first-order valence-electron chi connectivity index (χ1n) is 6.87. The summed E-state index contributed by atoms with van der Waals surface area (Å²) < 4.78 is 26.8. The van der Waals surface area contributed by atoms with Crippen LogP contribution in [0.5, 0.6) is 0 Å². The van der Waals surface area contributed by atoms with E-state index in [0.717, 1.165) is 30.0 Å². The minimum Gasteiger partial charge on any atom is -0.398 e. The highest BCUT2D eigenvalue weighted by Crippen LogP contribution is 2.27. The van der Waals surface area contributed by atoms with Gasteiger partial charge in [0.05, 0.1) is 4.90 Å². The molecule has 1 fully saturated rings. The monoisotopic (exact) mass is 290 g/mol. The van der Waals surface area contributed by atoms with Crippen LogP contribution in [0.3, 0.4) is 0 Å². The van der Waals surface area contributed by atoms with Gasteiger partial charge in [-0.1, -0.05) is 24.6 Å². The summed E-state index contributed by atoms with van der Waals surface area (Å²) in [7, 11) is -3.39. The Morgan fingerprint density at radius 1 is 1.00 bits per heavy atom. The summed E-state index contributed by atoms with van der Waals surface area (Å²) in [6.45, 7) is 1.23. The molecule has 4 nitrogen and oxygen atoms in total. The van der Waals surface area contributed by atoms with Crippen LogP contribution in [0.2, 0.25) is 0 Å². The lowest BCUT2D eigenvalue weighted by molar-refractivity contribution is 0.346. The topological polar surface area (TPSA) is 63.4 Å². The molecular formula is C15H18N2O2S. The number of fused-ring (bicyclic) bond motifs is 1. The van der Waals surface area contributed by atoms with Crippen LogP contribution >= 0.6 is 0 Å². The summed E-state index contributed by atoms with van der Waals surface area (Å²) in [6.07, 6.45) is 2.99. The Labute approximate surface area is 119 Å². The molecule has 1 saturated heterocycles. The molecule has 0 radical (unpaired) electrons. The number of rotatable bonds is 2. The zero-order valence-electron chi connectivity index (χ0n) is 11.2. The summed E-state index contributed by atoms with van der Waals surface area (Å²) in [4.78, 5) is 0.338. The average Bonchev–Trinajstić information content (AvgIpc) is 2.48. The summed E-state index contributed by atoms with van der Waals surface area (Å²) >= 11 is 0. The number of benzene rings is 2. The minimum atomic E-state index is -3.39. The van der Waals surface area contributed by atoms with Gasteiger partial charge >= 0.3 is 0 Å². The SMILES string of the molecule is Nc1cccc2ccc(S(=O)(=O)N3CCCCC3)cc12. The summed E-state index contributed by atoms with van der Waals surface area (Å²) in [5, 5.41) is 1.76. The fourth-order valence-corrected chi connectivity index (χ4v) is 4.23. The lowest BCUT2D eigenvalue weighted by Crippen LogP contribution is -2.35. The van der Waals surface area contributed by atoms with Gasteiger partial charge in [0, 0.05) is 24.2 Å². The molecule has 0 unspecified atom stereocenters. The van der Waals surface area contributed by atoms with Crippen LogP contribution in [-0.4, -0.2) is 25.8 Å². The van der Waals surface area contributed by atoms with Gasteiger partial charge in [0.1, 0.15) is 0 Å². The van der Waals surface area contributed by atoms with Crippen molar-refractivity contribution in [2.75, 3.05) is 18.8 Å². The number of sulfonamides is 1. The van der Waals surface area contributed by atoms with Crippen LogP contribution in [0, 0.1) is 0 Å². The van der Waals surface area contributed by atoms with Crippen molar-refractivity contribution in [3.63, 3.8) is 0 Å². The van der Waals surface area contributed by atoms with Crippen molar-refractivity contribution in [2.45, 2.75) is 24.2 Å². The van der Waals surface area contributed by atoms with Gasteiger partial charge < -0.3 is 5.73 Å². The quantitative estimate of drug-likeness (QED) is 0.865. The number of hydrogen-bond acceptors (Lipinski definition) is 3. The fourth-order valence-electron chi connectivity index (χ4n) is 2.69. The zero-order chi connectivity index (χ0) is 14.2. The van der Waals surface area contributed by atoms with Crippen LogP contribution in [0.15, 0.2) is 41.3 Å². The molecule has 0 saturated carbocycles. The predicted octanol–water partition coefficient (Wildman–Crippen LogP) is 2.60. The molecule has 1 aliphatic rings. The summed E-state index contributed by atoms with van der Waals surface area (Å²) in [5.74, 6) is 0. The predicted molar refractivity (Wildman–Crippen MR) is 81.0 cm³/mol. The Hall–Kier alpha value is -1.59. The highest BCUT2D eigenvalue weighted by Gasteiger charge is 2.26. The molecule has 0 amide bonds. The molecule has 0 aromatic heterocycles. The van der Waals surface area contributed by atoms with Crippen molar-refractivity contribution in [1.82, 2.24) is 4.31 Å². The molecule has 3 rings (SSSR count). The lowest BCUT2D eigenvalue weighted by atomic mass is 10.1. The third-order valence-corrected chi connectivity index (χ3v) is 5.73. The van der Waals surface area contributed by atoms with E-state index in [0.29, 0.717) is 23.7 Å².